The summed E-state index contributed by atoms with van der Waals surface area (Å²) in [6, 6.07) is 0. The summed E-state index contributed by atoms with van der Waals surface area (Å²) >= 11 is 0. The molecule has 1 fully saturated rings. The molecule has 1 amide bonds. The van der Waals surface area contributed by atoms with Crippen LogP contribution in [0.4, 0.5) is 0 Å². The van der Waals surface area contributed by atoms with Gasteiger partial charge in [-0.05, 0) is 18.3 Å². The molecule has 1 N–H and O–H groups in total. The van der Waals surface area contributed by atoms with Gasteiger partial charge in [0.15, 0.2) is 0 Å². The Kier molecular flexibility index (Phi) is 3.53. The Morgan fingerprint density at radius 3 is 3.00 bits per heavy atom. The molecule has 1 unspecified atom stereocenters. The highest BCUT2D eigenvalue weighted by molar-refractivity contribution is 5.78. The van der Waals surface area contributed by atoms with Crippen LogP contribution in [0.25, 0.3) is 0 Å². The van der Waals surface area contributed by atoms with Crippen LogP contribution in [0.1, 0.15) is 19.8 Å². The van der Waals surface area contributed by atoms with Crippen LogP contribution in [-0.2, 0) is 9.53 Å². The summed E-state index contributed by atoms with van der Waals surface area (Å²) in [5.41, 5.74) is 0. The summed E-state index contributed by atoms with van der Waals surface area (Å²) in [6.07, 6.45) is 1.79. The number of hydrogen-bond acceptors (Lipinski definition) is 2. The molecular weight excluding hydrogens is 154 g/mol. The smallest absolute Gasteiger partial charge is 0.220 e. The van der Waals surface area contributed by atoms with Crippen molar-refractivity contribution >= 4 is 5.91 Å². The maximum atomic E-state index is 10.9. The molecule has 2 atom stereocenters. The van der Waals surface area contributed by atoms with E-state index in [2.05, 4.69) is 12.2 Å². The van der Waals surface area contributed by atoms with E-state index >= 15 is 0 Å². The molecule has 0 aromatic rings. The molecule has 0 spiro atoms. The minimum Gasteiger partial charge on any atom is -0.384 e. The number of carbonyl (C=O) groups excluding carboxylic acids is 1. The predicted molar refractivity (Wildman–Crippen MR) is 46.8 cm³/mol. The third kappa shape index (κ3) is 2.81. The number of ether oxygens (including phenoxy) is 1. The van der Waals surface area contributed by atoms with Gasteiger partial charge in [-0.1, -0.05) is 6.92 Å². The Morgan fingerprint density at radius 1 is 1.75 bits per heavy atom. The first-order chi connectivity index (χ1) is 5.72. The Balaban J connectivity index is 2.18. The molecule has 0 saturated carbocycles. The van der Waals surface area contributed by atoms with E-state index in [0.29, 0.717) is 18.3 Å². The lowest BCUT2D eigenvalue weighted by Crippen LogP contribution is -2.15. The second kappa shape index (κ2) is 4.45. The first-order valence-corrected chi connectivity index (χ1v) is 4.48. The number of hydrogen-bond donors (Lipinski definition) is 1. The lowest BCUT2D eigenvalue weighted by Gasteiger charge is -2.13. The zero-order chi connectivity index (χ0) is 8.97. The number of rotatable bonds is 4. The van der Waals surface area contributed by atoms with Crippen molar-refractivity contribution in [3.05, 3.63) is 0 Å². The third-order valence-electron chi connectivity index (χ3n) is 2.25. The topological polar surface area (TPSA) is 38.3 Å². The first kappa shape index (κ1) is 9.52. The standard InChI is InChI=1S/C9H17NO2/c1-7(6-12-2)3-8-4-9(11)10-5-8/h7-8H,3-6H2,1-2H3,(H,10,11)/t7?,8-/m0/s1. The van der Waals surface area contributed by atoms with E-state index in [1.54, 1.807) is 7.11 Å². The third-order valence-corrected chi connectivity index (χ3v) is 2.25. The van der Waals surface area contributed by atoms with E-state index in [4.69, 9.17) is 4.74 Å². The van der Waals surface area contributed by atoms with Crippen LogP contribution in [0.5, 0.6) is 0 Å². The van der Waals surface area contributed by atoms with Crippen molar-refractivity contribution in [2.24, 2.45) is 11.8 Å². The van der Waals surface area contributed by atoms with Crippen LogP contribution < -0.4 is 5.32 Å². The summed E-state index contributed by atoms with van der Waals surface area (Å²) in [7, 11) is 1.72. The van der Waals surface area contributed by atoms with Crippen molar-refractivity contribution < 1.29 is 9.53 Å². The van der Waals surface area contributed by atoms with E-state index in [9.17, 15) is 4.79 Å². The second-order valence-corrected chi connectivity index (χ2v) is 3.67. The van der Waals surface area contributed by atoms with Gasteiger partial charge in [-0.25, -0.2) is 0 Å². The Labute approximate surface area is 73.5 Å². The number of methoxy groups -OCH3 is 1. The molecule has 3 nitrogen and oxygen atoms in total. The van der Waals surface area contributed by atoms with Crippen molar-refractivity contribution in [3.63, 3.8) is 0 Å². The minimum atomic E-state index is 0.199. The Morgan fingerprint density at radius 2 is 2.50 bits per heavy atom. The van der Waals surface area contributed by atoms with Gasteiger partial charge in [-0.15, -0.1) is 0 Å². The molecule has 1 saturated heterocycles. The van der Waals surface area contributed by atoms with Gasteiger partial charge in [0.2, 0.25) is 5.91 Å². The molecule has 1 aliphatic heterocycles. The molecule has 0 radical (unpaired) electrons. The van der Waals surface area contributed by atoms with Gasteiger partial charge in [-0.3, -0.25) is 4.79 Å². The van der Waals surface area contributed by atoms with Gasteiger partial charge in [-0.2, -0.15) is 0 Å². The van der Waals surface area contributed by atoms with Crippen molar-refractivity contribution in [1.29, 1.82) is 0 Å². The minimum absolute atomic E-state index is 0.199. The fourth-order valence-corrected chi connectivity index (χ4v) is 1.75. The second-order valence-electron chi connectivity index (χ2n) is 3.67. The molecule has 3 heteroatoms. The largest absolute Gasteiger partial charge is 0.384 e. The molecular formula is C9H17NO2. The van der Waals surface area contributed by atoms with Gasteiger partial charge >= 0.3 is 0 Å². The van der Waals surface area contributed by atoms with Crippen LogP contribution in [0.2, 0.25) is 0 Å². The average molecular weight is 171 g/mol. The Hall–Kier alpha value is -0.570. The van der Waals surface area contributed by atoms with E-state index in [1.165, 1.54) is 0 Å². The zero-order valence-corrected chi connectivity index (χ0v) is 7.80. The molecule has 0 aromatic carbocycles. The summed E-state index contributed by atoms with van der Waals surface area (Å²) in [4.78, 5) is 10.9. The van der Waals surface area contributed by atoms with E-state index in [0.717, 1.165) is 19.6 Å². The lowest BCUT2D eigenvalue weighted by molar-refractivity contribution is -0.119. The summed E-state index contributed by atoms with van der Waals surface area (Å²) in [5.74, 6) is 1.29. The average Bonchev–Trinajstić information content (AvgIpc) is 2.36. The highest BCUT2D eigenvalue weighted by Crippen LogP contribution is 2.18. The number of carbonyl (C=O) groups is 1. The molecule has 1 aliphatic rings. The highest BCUT2D eigenvalue weighted by Gasteiger charge is 2.22. The summed E-state index contributed by atoms with van der Waals surface area (Å²) in [5, 5.41) is 2.84. The maximum Gasteiger partial charge on any atom is 0.220 e. The summed E-state index contributed by atoms with van der Waals surface area (Å²) < 4.78 is 5.04. The molecule has 1 rings (SSSR count). The summed E-state index contributed by atoms with van der Waals surface area (Å²) in [6.45, 7) is 3.81. The fourth-order valence-electron chi connectivity index (χ4n) is 1.75. The van der Waals surface area contributed by atoms with Gasteiger partial charge in [0.05, 0.1) is 0 Å². The molecule has 0 bridgehead atoms. The molecule has 1 heterocycles. The predicted octanol–water partition coefficient (Wildman–Crippen LogP) is 0.795. The Bertz CT molecular complexity index is 159. The van der Waals surface area contributed by atoms with Gasteiger partial charge in [0.25, 0.3) is 0 Å². The molecule has 12 heavy (non-hydrogen) atoms. The maximum absolute atomic E-state index is 10.9. The van der Waals surface area contributed by atoms with Gasteiger partial charge < -0.3 is 10.1 Å². The quantitative estimate of drug-likeness (QED) is 0.679. The SMILES string of the molecule is COCC(C)C[C@@H]1CNC(=O)C1. The zero-order valence-electron chi connectivity index (χ0n) is 7.80. The van der Waals surface area contributed by atoms with Crippen molar-refractivity contribution in [3.8, 4) is 0 Å². The van der Waals surface area contributed by atoms with Crippen molar-refractivity contribution in [2.45, 2.75) is 19.8 Å². The molecule has 70 valence electrons. The normalized spacial score (nSPS) is 25.5. The van der Waals surface area contributed by atoms with E-state index in [1.807, 2.05) is 0 Å². The first-order valence-electron chi connectivity index (χ1n) is 4.48. The van der Waals surface area contributed by atoms with Crippen LogP contribution in [0.15, 0.2) is 0 Å². The van der Waals surface area contributed by atoms with Crippen LogP contribution in [0, 0.1) is 11.8 Å². The van der Waals surface area contributed by atoms with Crippen LogP contribution in [-0.4, -0.2) is 26.2 Å². The van der Waals surface area contributed by atoms with Crippen molar-refractivity contribution in [1.82, 2.24) is 5.32 Å². The monoisotopic (exact) mass is 171 g/mol. The number of nitrogens with one attached hydrogen (secondary N) is 1. The highest BCUT2D eigenvalue weighted by atomic mass is 16.5. The fraction of sp³-hybridized carbons (Fsp3) is 0.889. The molecule has 0 aromatic heterocycles. The van der Waals surface area contributed by atoms with Crippen LogP contribution >= 0.6 is 0 Å². The van der Waals surface area contributed by atoms with Gasteiger partial charge in [0.1, 0.15) is 0 Å². The number of amides is 1. The van der Waals surface area contributed by atoms with Crippen molar-refractivity contribution in [2.75, 3.05) is 20.3 Å². The van der Waals surface area contributed by atoms with E-state index in [-0.39, 0.29) is 5.91 Å². The molecule has 0 aliphatic carbocycles. The van der Waals surface area contributed by atoms with E-state index < -0.39 is 0 Å². The van der Waals surface area contributed by atoms with Crippen LogP contribution in [0.3, 0.4) is 0 Å². The lowest BCUT2D eigenvalue weighted by atomic mass is 9.96. The van der Waals surface area contributed by atoms with Gasteiger partial charge in [0, 0.05) is 26.7 Å².